The zero-order valence-electron chi connectivity index (χ0n) is 11.1. The number of hydrogen-bond donors (Lipinski definition) is 1. The molecule has 2 rings (SSSR count). The number of nitrogens with zero attached hydrogens (tertiary/aromatic N) is 3. The molecule has 0 aromatic carbocycles. The molecule has 2 heterocycles. The third-order valence-electron chi connectivity index (χ3n) is 2.45. The standard InChI is InChI=1S/C13H15BrN4O/c1-4-16-12-8(2)13(18-9(3)17-12)19-11-5-10(14)6-15-7-11/h5-7H,4H2,1-3H3,(H,16,17,18). The molecule has 0 bridgehead atoms. The molecule has 0 saturated carbocycles. The number of rotatable bonds is 4. The number of hydrogen-bond acceptors (Lipinski definition) is 5. The average molecular weight is 323 g/mol. The van der Waals surface area contributed by atoms with E-state index in [1.165, 1.54) is 0 Å². The number of anilines is 1. The zero-order valence-corrected chi connectivity index (χ0v) is 12.7. The Morgan fingerprint density at radius 3 is 2.74 bits per heavy atom. The van der Waals surface area contributed by atoms with Crippen LogP contribution in [-0.4, -0.2) is 21.5 Å². The van der Waals surface area contributed by atoms with Gasteiger partial charge in [-0.25, -0.2) is 4.98 Å². The predicted molar refractivity (Wildman–Crippen MR) is 77.7 cm³/mol. The molecule has 19 heavy (non-hydrogen) atoms. The van der Waals surface area contributed by atoms with E-state index in [0.29, 0.717) is 17.5 Å². The Bertz CT molecular complexity index is 589. The van der Waals surface area contributed by atoms with Crippen molar-refractivity contribution in [2.24, 2.45) is 0 Å². The molecule has 0 amide bonds. The van der Waals surface area contributed by atoms with E-state index in [2.05, 4.69) is 36.2 Å². The van der Waals surface area contributed by atoms with E-state index in [1.807, 2.05) is 26.8 Å². The normalized spacial score (nSPS) is 10.3. The smallest absolute Gasteiger partial charge is 0.227 e. The molecule has 0 aliphatic rings. The molecular weight excluding hydrogens is 308 g/mol. The van der Waals surface area contributed by atoms with Crippen molar-refractivity contribution in [3.63, 3.8) is 0 Å². The molecule has 0 fully saturated rings. The predicted octanol–water partition coefficient (Wildman–Crippen LogP) is 3.48. The lowest BCUT2D eigenvalue weighted by Gasteiger charge is -2.12. The second-order valence-electron chi connectivity index (χ2n) is 4.02. The molecule has 5 nitrogen and oxygen atoms in total. The van der Waals surface area contributed by atoms with Gasteiger partial charge in [-0.15, -0.1) is 0 Å². The van der Waals surface area contributed by atoms with E-state index in [9.17, 15) is 0 Å². The molecule has 0 unspecified atom stereocenters. The summed E-state index contributed by atoms with van der Waals surface area (Å²) in [7, 11) is 0. The van der Waals surface area contributed by atoms with E-state index in [1.54, 1.807) is 12.4 Å². The van der Waals surface area contributed by atoms with E-state index >= 15 is 0 Å². The Hall–Kier alpha value is -1.69. The fourth-order valence-corrected chi connectivity index (χ4v) is 1.95. The minimum absolute atomic E-state index is 0.545. The molecule has 0 spiro atoms. The number of ether oxygens (including phenoxy) is 1. The second kappa shape index (κ2) is 5.97. The fraction of sp³-hybridized carbons (Fsp3) is 0.308. The summed E-state index contributed by atoms with van der Waals surface area (Å²) in [6, 6.07) is 1.84. The lowest BCUT2D eigenvalue weighted by atomic mass is 10.3. The minimum Gasteiger partial charge on any atom is -0.437 e. The topological polar surface area (TPSA) is 59.9 Å². The van der Waals surface area contributed by atoms with Crippen molar-refractivity contribution >= 4 is 21.7 Å². The van der Waals surface area contributed by atoms with Gasteiger partial charge in [0.1, 0.15) is 17.4 Å². The van der Waals surface area contributed by atoms with Crippen LogP contribution < -0.4 is 10.1 Å². The Morgan fingerprint density at radius 2 is 2.05 bits per heavy atom. The summed E-state index contributed by atoms with van der Waals surface area (Å²) in [5.74, 6) is 2.65. The van der Waals surface area contributed by atoms with Crippen molar-refractivity contribution in [1.29, 1.82) is 0 Å². The van der Waals surface area contributed by atoms with Gasteiger partial charge in [-0.3, -0.25) is 4.98 Å². The highest BCUT2D eigenvalue weighted by Gasteiger charge is 2.11. The number of halogens is 1. The zero-order chi connectivity index (χ0) is 13.8. The molecule has 100 valence electrons. The van der Waals surface area contributed by atoms with Crippen molar-refractivity contribution in [3.8, 4) is 11.6 Å². The molecule has 6 heteroatoms. The van der Waals surface area contributed by atoms with Gasteiger partial charge < -0.3 is 10.1 Å². The SMILES string of the molecule is CCNc1nc(C)nc(Oc2cncc(Br)c2)c1C. The molecule has 0 atom stereocenters. The van der Waals surface area contributed by atoms with Gasteiger partial charge in [0.05, 0.1) is 11.8 Å². The third kappa shape index (κ3) is 3.41. The van der Waals surface area contributed by atoms with Crippen LogP contribution in [0.3, 0.4) is 0 Å². The summed E-state index contributed by atoms with van der Waals surface area (Å²) in [6.45, 7) is 6.59. The van der Waals surface area contributed by atoms with Crippen LogP contribution in [0.15, 0.2) is 22.9 Å². The van der Waals surface area contributed by atoms with Crippen LogP contribution in [0.2, 0.25) is 0 Å². The highest BCUT2D eigenvalue weighted by atomic mass is 79.9. The van der Waals surface area contributed by atoms with Crippen LogP contribution in [0.5, 0.6) is 11.6 Å². The summed E-state index contributed by atoms with van der Waals surface area (Å²) < 4.78 is 6.64. The quantitative estimate of drug-likeness (QED) is 0.933. The highest BCUT2D eigenvalue weighted by molar-refractivity contribution is 9.10. The largest absolute Gasteiger partial charge is 0.437 e. The molecule has 0 aliphatic heterocycles. The first-order chi connectivity index (χ1) is 9.10. The lowest BCUT2D eigenvalue weighted by molar-refractivity contribution is 0.453. The van der Waals surface area contributed by atoms with Crippen molar-refractivity contribution in [2.75, 3.05) is 11.9 Å². The van der Waals surface area contributed by atoms with Crippen LogP contribution >= 0.6 is 15.9 Å². The van der Waals surface area contributed by atoms with Gasteiger partial charge >= 0.3 is 0 Å². The summed E-state index contributed by atoms with van der Waals surface area (Å²) >= 11 is 3.36. The molecule has 0 radical (unpaired) electrons. The van der Waals surface area contributed by atoms with Crippen LogP contribution in [0.4, 0.5) is 5.82 Å². The van der Waals surface area contributed by atoms with Gasteiger partial charge in [0, 0.05) is 17.2 Å². The van der Waals surface area contributed by atoms with Gasteiger partial charge in [0.2, 0.25) is 5.88 Å². The first-order valence-corrected chi connectivity index (χ1v) is 6.77. The first-order valence-electron chi connectivity index (χ1n) is 5.97. The Labute approximate surface area is 120 Å². The van der Waals surface area contributed by atoms with Crippen molar-refractivity contribution < 1.29 is 4.74 Å². The monoisotopic (exact) mass is 322 g/mol. The number of aryl methyl sites for hydroxylation is 1. The van der Waals surface area contributed by atoms with Crippen molar-refractivity contribution in [2.45, 2.75) is 20.8 Å². The van der Waals surface area contributed by atoms with E-state index in [-0.39, 0.29) is 0 Å². The molecule has 2 aromatic rings. The molecular formula is C13H15BrN4O. The molecule has 0 saturated heterocycles. The number of pyridine rings is 1. The minimum atomic E-state index is 0.545. The maximum Gasteiger partial charge on any atom is 0.227 e. The highest BCUT2D eigenvalue weighted by Crippen LogP contribution is 2.27. The Kier molecular flexibility index (Phi) is 4.31. The van der Waals surface area contributed by atoms with Gasteiger partial charge in [-0.2, -0.15) is 4.98 Å². The molecule has 1 N–H and O–H groups in total. The van der Waals surface area contributed by atoms with Crippen LogP contribution in [0.1, 0.15) is 18.3 Å². The average Bonchev–Trinajstić information content (AvgIpc) is 2.35. The first kappa shape index (κ1) is 13.7. The van der Waals surface area contributed by atoms with E-state index in [0.717, 1.165) is 22.4 Å². The van der Waals surface area contributed by atoms with Crippen LogP contribution in [0.25, 0.3) is 0 Å². The van der Waals surface area contributed by atoms with Gasteiger partial charge in [0.25, 0.3) is 0 Å². The maximum atomic E-state index is 5.77. The fourth-order valence-electron chi connectivity index (χ4n) is 1.60. The van der Waals surface area contributed by atoms with Crippen LogP contribution in [-0.2, 0) is 0 Å². The van der Waals surface area contributed by atoms with Gasteiger partial charge in [-0.1, -0.05) is 0 Å². The van der Waals surface area contributed by atoms with Crippen molar-refractivity contribution in [1.82, 2.24) is 15.0 Å². The Balaban J connectivity index is 2.34. The summed E-state index contributed by atoms with van der Waals surface area (Å²) in [5, 5.41) is 3.20. The van der Waals surface area contributed by atoms with Crippen molar-refractivity contribution in [3.05, 3.63) is 34.3 Å². The summed E-state index contributed by atoms with van der Waals surface area (Å²) in [6.07, 6.45) is 3.35. The van der Waals surface area contributed by atoms with E-state index in [4.69, 9.17) is 4.74 Å². The number of aromatic nitrogens is 3. The van der Waals surface area contributed by atoms with E-state index < -0.39 is 0 Å². The summed E-state index contributed by atoms with van der Waals surface area (Å²) in [5.41, 5.74) is 0.882. The third-order valence-corrected chi connectivity index (χ3v) is 2.89. The van der Waals surface area contributed by atoms with Gasteiger partial charge in [0.15, 0.2) is 0 Å². The maximum absolute atomic E-state index is 5.77. The second-order valence-corrected chi connectivity index (χ2v) is 4.94. The summed E-state index contributed by atoms with van der Waals surface area (Å²) in [4.78, 5) is 12.7. The van der Waals surface area contributed by atoms with Crippen LogP contribution in [0, 0.1) is 13.8 Å². The Morgan fingerprint density at radius 1 is 1.26 bits per heavy atom. The molecule has 0 aliphatic carbocycles. The molecule has 2 aromatic heterocycles. The number of nitrogens with one attached hydrogen (secondary N) is 1. The van der Waals surface area contributed by atoms with Gasteiger partial charge in [-0.05, 0) is 42.8 Å². The lowest BCUT2D eigenvalue weighted by Crippen LogP contribution is -2.06.